The maximum atomic E-state index is 12.8. The Morgan fingerprint density at radius 2 is 2.18 bits per heavy atom. The molecular formula is C10H9F2N3O2. The smallest absolute Gasteiger partial charge is 0.395 e. The molecule has 0 N–H and O–H groups in total. The highest BCUT2D eigenvalue weighted by Gasteiger charge is 2.44. The van der Waals surface area contributed by atoms with Crippen molar-refractivity contribution in [2.24, 2.45) is 5.11 Å². The van der Waals surface area contributed by atoms with Gasteiger partial charge < -0.3 is 9.47 Å². The van der Waals surface area contributed by atoms with Gasteiger partial charge in [0.1, 0.15) is 0 Å². The predicted octanol–water partition coefficient (Wildman–Crippen LogP) is 3.25. The monoisotopic (exact) mass is 241 g/mol. The van der Waals surface area contributed by atoms with Crippen LogP contribution < -0.4 is 9.47 Å². The molecule has 2 rings (SSSR count). The Hall–Kier alpha value is -2.01. The highest BCUT2D eigenvalue weighted by Crippen LogP contribution is 2.43. The Bertz CT molecular complexity index is 473. The van der Waals surface area contributed by atoms with Gasteiger partial charge in [0, 0.05) is 11.5 Å². The number of nitrogens with zero attached hydrogens (tertiary/aromatic N) is 3. The molecule has 0 bridgehead atoms. The fraction of sp³-hybridized carbons (Fsp3) is 0.400. The van der Waals surface area contributed by atoms with Crippen LogP contribution in [0.4, 0.5) is 8.78 Å². The fourth-order valence-corrected chi connectivity index (χ4v) is 1.61. The van der Waals surface area contributed by atoms with Crippen LogP contribution in [0.2, 0.25) is 0 Å². The van der Waals surface area contributed by atoms with Gasteiger partial charge in [0.2, 0.25) is 0 Å². The van der Waals surface area contributed by atoms with Crippen molar-refractivity contribution in [3.8, 4) is 11.5 Å². The third-order valence-electron chi connectivity index (χ3n) is 2.28. The number of rotatable bonds is 4. The average Bonchev–Trinajstić information content (AvgIpc) is 2.59. The number of aryl methyl sites for hydroxylation is 1. The second kappa shape index (κ2) is 4.47. The van der Waals surface area contributed by atoms with Crippen molar-refractivity contribution in [3.63, 3.8) is 0 Å². The molecule has 7 heteroatoms. The molecule has 0 spiro atoms. The molecule has 1 aromatic carbocycles. The maximum absolute atomic E-state index is 12.8. The molecule has 0 radical (unpaired) electrons. The van der Waals surface area contributed by atoms with E-state index in [0.717, 1.165) is 0 Å². The van der Waals surface area contributed by atoms with E-state index in [2.05, 4.69) is 19.5 Å². The van der Waals surface area contributed by atoms with E-state index in [4.69, 9.17) is 5.53 Å². The summed E-state index contributed by atoms with van der Waals surface area (Å²) >= 11 is 0. The van der Waals surface area contributed by atoms with Crippen LogP contribution in [0.5, 0.6) is 11.5 Å². The summed E-state index contributed by atoms with van der Waals surface area (Å²) in [4.78, 5) is 2.61. The molecule has 0 atom stereocenters. The highest BCUT2D eigenvalue weighted by molar-refractivity contribution is 5.48. The quantitative estimate of drug-likeness (QED) is 0.351. The number of alkyl halides is 2. The Labute approximate surface area is 95.6 Å². The molecule has 1 heterocycles. The van der Waals surface area contributed by atoms with E-state index in [-0.39, 0.29) is 11.5 Å². The molecule has 17 heavy (non-hydrogen) atoms. The summed E-state index contributed by atoms with van der Waals surface area (Å²) in [5, 5.41) is 3.37. The number of halogens is 2. The molecule has 1 aromatic rings. The lowest BCUT2D eigenvalue weighted by Crippen LogP contribution is -2.26. The van der Waals surface area contributed by atoms with Gasteiger partial charge in [-0.3, -0.25) is 0 Å². The number of ether oxygens (including phenoxy) is 2. The van der Waals surface area contributed by atoms with Crippen LogP contribution in [0.3, 0.4) is 0 Å². The molecule has 1 aliphatic heterocycles. The zero-order valence-electron chi connectivity index (χ0n) is 8.77. The SMILES string of the molecule is [N-]=[N+]=NCCCc1cccc2c1OC(F)(F)O2. The lowest BCUT2D eigenvalue weighted by atomic mass is 10.1. The number of azide groups is 1. The maximum Gasteiger partial charge on any atom is 0.586 e. The molecule has 0 amide bonds. The second-order valence-electron chi connectivity index (χ2n) is 3.47. The van der Waals surface area contributed by atoms with E-state index in [9.17, 15) is 8.78 Å². The second-order valence-corrected chi connectivity index (χ2v) is 3.47. The highest BCUT2D eigenvalue weighted by atomic mass is 19.3. The minimum absolute atomic E-state index is 0.0382. The van der Waals surface area contributed by atoms with Crippen LogP contribution in [-0.4, -0.2) is 12.8 Å². The largest absolute Gasteiger partial charge is 0.586 e. The van der Waals surface area contributed by atoms with Gasteiger partial charge >= 0.3 is 6.29 Å². The van der Waals surface area contributed by atoms with Crippen LogP contribution >= 0.6 is 0 Å². The van der Waals surface area contributed by atoms with Gasteiger partial charge in [-0.1, -0.05) is 17.2 Å². The first-order valence-corrected chi connectivity index (χ1v) is 5.01. The zero-order valence-corrected chi connectivity index (χ0v) is 8.77. The molecule has 0 unspecified atom stereocenters. The predicted molar refractivity (Wildman–Crippen MR) is 55.0 cm³/mol. The van der Waals surface area contributed by atoms with Crippen molar-refractivity contribution >= 4 is 0 Å². The van der Waals surface area contributed by atoms with E-state index in [0.29, 0.717) is 24.9 Å². The van der Waals surface area contributed by atoms with Crippen LogP contribution in [0, 0.1) is 0 Å². The van der Waals surface area contributed by atoms with E-state index < -0.39 is 6.29 Å². The Morgan fingerprint density at radius 3 is 2.94 bits per heavy atom. The summed E-state index contributed by atoms with van der Waals surface area (Å²) in [6, 6.07) is 4.72. The number of hydrogen-bond acceptors (Lipinski definition) is 3. The molecule has 0 fully saturated rings. The number of benzene rings is 1. The first-order chi connectivity index (χ1) is 8.12. The van der Waals surface area contributed by atoms with E-state index in [1.54, 1.807) is 12.1 Å². The van der Waals surface area contributed by atoms with Gasteiger partial charge in [-0.25, -0.2) is 0 Å². The van der Waals surface area contributed by atoms with E-state index >= 15 is 0 Å². The average molecular weight is 241 g/mol. The lowest BCUT2D eigenvalue weighted by Gasteiger charge is -2.06. The molecule has 0 saturated heterocycles. The molecular weight excluding hydrogens is 232 g/mol. The van der Waals surface area contributed by atoms with Crippen LogP contribution in [0.15, 0.2) is 23.3 Å². The van der Waals surface area contributed by atoms with Crippen molar-refractivity contribution in [1.29, 1.82) is 0 Å². The summed E-state index contributed by atoms with van der Waals surface area (Å²) < 4.78 is 34.4. The van der Waals surface area contributed by atoms with Gasteiger partial charge in [-0.2, -0.15) is 0 Å². The van der Waals surface area contributed by atoms with Crippen molar-refractivity contribution in [1.82, 2.24) is 0 Å². The molecule has 1 aliphatic rings. The Kier molecular flexibility index (Phi) is 3.01. The summed E-state index contributed by atoms with van der Waals surface area (Å²) in [6.07, 6.45) is -2.54. The van der Waals surface area contributed by atoms with Crippen molar-refractivity contribution in [2.75, 3.05) is 6.54 Å². The van der Waals surface area contributed by atoms with Crippen molar-refractivity contribution in [2.45, 2.75) is 19.1 Å². The van der Waals surface area contributed by atoms with Gasteiger partial charge in [-0.15, -0.1) is 8.78 Å². The van der Waals surface area contributed by atoms with E-state index in [1.807, 2.05) is 0 Å². The normalized spacial score (nSPS) is 15.4. The minimum Gasteiger partial charge on any atom is -0.395 e. The first kappa shape index (κ1) is 11.5. The Morgan fingerprint density at radius 1 is 1.35 bits per heavy atom. The number of hydrogen-bond donors (Lipinski definition) is 0. The van der Waals surface area contributed by atoms with Crippen molar-refractivity contribution < 1.29 is 18.3 Å². The van der Waals surface area contributed by atoms with Gasteiger partial charge in [-0.05, 0) is 30.0 Å². The topological polar surface area (TPSA) is 67.2 Å². The number of fused-ring (bicyclic) bond motifs is 1. The fourth-order valence-electron chi connectivity index (χ4n) is 1.61. The standard InChI is InChI=1S/C10H9F2N3O2/c11-10(12)16-8-5-1-3-7(9(8)17-10)4-2-6-14-15-13/h1,3,5H,2,4,6H2. The van der Waals surface area contributed by atoms with Crippen LogP contribution in [0.1, 0.15) is 12.0 Å². The van der Waals surface area contributed by atoms with Gasteiger partial charge in [0.15, 0.2) is 11.5 Å². The lowest BCUT2D eigenvalue weighted by molar-refractivity contribution is -0.286. The third-order valence-corrected chi connectivity index (χ3v) is 2.28. The van der Waals surface area contributed by atoms with Crippen molar-refractivity contribution in [3.05, 3.63) is 34.2 Å². The molecule has 0 aliphatic carbocycles. The summed E-state index contributed by atoms with van der Waals surface area (Å²) in [5.74, 6) is 0.106. The molecule has 5 nitrogen and oxygen atoms in total. The van der Waals surface area contributed by atoms with Gasteiger partial charge in [0.25, 0.3) is 0 Å². The summed E-state index contributed by atoms with van der Waals surface area (Å²) in [5.41, 5.74) is 8.72. The molecule has 90 valence electrons. The first-order valence-electron chi connectivity index (χ1n) is 5.01. The molecule has 0 saturated carbocycles. The van der Waals surface area contributed by atoms with Gasteiger partial charge in [0.05, 0.1) is 0 Å². The zero-order chi connectivity index (χ0) is 12.3. The van der Waals surface area contributed by atoms with Crippen LogP contribution in [-0.2, 0) is 6.42 Å². The molecule has 0 aromatic heterocycles. The minimum atomic E-state index is -3.59. The summed E-state index contributed by atoms with van der Waals surface area (Å²) in [6.45, 7) is 0.317. The van der Waals surface area contributed by atoms with E-state index in [1.165, 1.54) is 6.07 Å². The third kappa shape index (κ3) is 2.57. The number of para-hydroxylation sites is 1. The van der Waals surface area contributed by atoms with Crippen LogP contribution in [0.25, 0.3) is 10.4 Å². The summed E-state index contributed by atoms with van der Waals surface area (Å²) in [7, 11) is 0. The Balaban J connectivity index is 2.10.